The predicted molar refractivity (Wildman–Crippen MR) is 97.6 cm³/mol. The molecular weight excluding hydrogens is 356 g/mol. The maximum atomic E-state index is 13.8. The summed E-state index contributed by atoms with van der Waals surface area (Å²) in [5.74, 6) is -2.01. The Hall–Kier alpha value is -3.06. The Balaban J connectivity index is 1.66. The normalized spacial score (nSPS) is 11.0. The van der Waals surface area contributed by atoms with Crippen LogP contribution in [0.4, 0.5) is 14.5 Å². The van der Waals surface area contributed by atoms with Crippen molar-refractivity contribution < 1.29 is 13.6 Å². The number of hydrogen-bond acceptors (Lipinski definition) is 3. The average Bonchev–Trinajstić information content (AvgIpc) is 3.18. The highest BCUT2D eigenvalue weighted by Gasteiger charge is 2.17. The molecule has 1 amide bonds. The summed E-state index contributed by atoms with van der Waals surface area (Å²) >= 11 is 1.32. The number of fused-ring (bicyclic) bond motifs is 1. The molecule has 0 aliphatic rings. The average molecular weight is 369 g/mol. The number of amides is 1. The van der Waals surface area contributed by atoms with Gasteiger partial charge in [0.2, 0.25) is 0 Å². The standard InChI is InChI=1S/C19H13F2N3OS/c1-11-2-4-12(5-3-11)16-9-24-17(10-26-19(24)23-16)18(25)22-15-7-6-13(20)8-14(15)21/h2-10H,1H3,(H,22,25). The van der Waals surface area contributed by atoms with Gasteiger partial charge in [0.05, 0.1) is 11.4 Å². The van der Waals surface area contributed by atoms with Gasteiger partial charge in [-0.05, 0) is 19.1 Å². The topological polar surface area (TPSA) is 46.4 Å². The van der Waals surface area contributed by atoms with Gasteiger partial charge in [0.15, 0.2) is 4.96 Å². The van der Waals surface area contributed by atoms with E-state index in [-0.39, 0.29) is 5.69 Å². The number of imidazole rings is 1. The summed E-state index contributed by atoms with van der Waals surface area (Å²) in [5.41, 5.74) is 3.10. The molecule has 0 fully saturated rings. The Morgan fingerprint density at radius 1 is 1.15 bits per heavy atom. The van der Waals surface area contributed by atoms with Crippen LogP contribution >= 0.6 is 11.3 Å². The molecule has 0 aliphatic carbocycles. The highest BCUT2D eigenvalue weighted by atomic mass is 32.1. The lowest BCUT2D eigenvalue weighted by Crippen LogP contribution is -2.14. The fourth-order valence-electron chi connectivity index (χ4n) is 2.59. The number of anilines is 1. The number of benzene rings is 2. The Morgan fingerprint density at radius 2 is 1.92 bits per heavy atom. The molecule has 7 heteroatoms. The van der Waals surface area contributed by atoms with E-state index in [9.17, 15) is 13.6 Å². The number of aryl methyl sites for hydroxylation is 1. The molecule has 0 bridgehead atoms. The number of carbonyl (C=O) groups excluding carboxylic acids is 1. The molecule has 4 aromatic rings. The zero-order chi connectivity index (χ0) is 18.3. The fraction of sp³-hybridized carbons (Fsp3) is 0.0526. The smallest absolute Gasteiger partial charge is 0.273 e. The van der Waals surface area contributed by atoms with E-state index < -0.39 is 17.5 Å². The molecule has 0 aliphatic heterocycles. The third-order valence-corrected chi connectivity index (χ3v) is 4.81. The van der Waals surface area contributed by atoms with Crippen LogP contribution < -0.4 is 5.32 Å². The van der Waals surface area contributed by atoms with Gasteiger partial charge in [-0.1, -0.05) is 29.8 Å². The lowest BCUT2D eigenvalue weighted by Gasteiger charge is -2.05. The van der Waals surface area contributed by atoms with Gasteiger partial charge >= 0.3 is 0 Å². The molecular formula is C19H13F2N3OS. The van der Waals surface area contributed by atoms with Crippen LogP contribution in [0.5, 0.6) is 0 Å². The third-order valence-electron chi connectivity index (χ3n) is 3.97. The first-order valence-corrected chi connectivity index (χ1v) is 8.69. The first-order chi connectivity index (χ1) is 12.5. The maximum absolute atomic E-state index is 13.8. The summed E-state index contributed by atoms with van der Waals surface area (Å²) in [5, 5.41) is 4.12. The molecule has 0 unspecified atom stereocenters. The number of halogens is 2. The molecule has 1 N–H and O–H groups in total. The van der Waals surface area contributed by atoms with E-state index in [1.807, 2.05) is 31.2 Å². The van der Waals surface area contributed by atoms with Crippen LogP contribution in [0.2, 0.25) is 0 Å². The molecule has 130 valence electrons. The number of nitrogens with zero attached hydrogens (tertiary/aromatic N) is 2. The second kappa shape index (κ2) is 6.34. The second-order valence-electron chi connectivity index (χ2n) is 5.84. The summed E-state index contributed by atoms with van der Waals surface area (Å²) in [7, 11) is 0. The van der Waals surface area contributed by atoms with Gasteiger partial charge in [-0.2, -0.15) is 0 Å². The maximum Gasteiger partial charge on any atom is 0.273 e. The Bertz CT molecular complexity index is 1120. The summed E-state index contributed by atoms with van der Waals surface area (Å²) < 4.78 is 28.4. The van der Waals surface area contributed by atoms with Crippen LogP contribution in [0.1, 0.15) is 16.1 Å². The zero-order valence-electron chi connectivity index (χ0n) is 13.7. The van der Waals surface area contributed by atoms with Gasteiger partial charge in [-0.25, -0.2) is 13.8 Å². The number of hydrogen-bond donors (Lipinski definition) is 1. The fourth-order valence-corrected chi connectivity index (χ4v) is 3.44. The predicted octanol–water partition coefficient (Wildman–Crippen LogP) is 4.90. The van der Waals surface area contributed by atoms with Crippen molar-refractivity contribution in [3.8, 4) is 11.3 Å². The van der Waals surface area contributed by atoms with Crippen molar-refractivity contribution in [2.24, 2.45) is 0 Å². The molecule has 2 heterocycles. The number of carbonyl (C=O) groups is 1. The van der Waals surface area contributed by atoms with E-state index in [0.717, 1.165) is 29.0 Å². The molecule has 0 saturated carbocycles. The van der Waals surface area contributed by atoms with Crippen molar-refractivity contribution in [3.05, 3.63) is 76.9 Å². The largest absolute Gasteiger partial charge is 0.318 e. The van der Waals surface area contributed by atoms with Crippen LogP contribution in [0.15, 0.2) is 54.0 Å². The lowest BCUT2D eigenvalue weighted by atomic mass is 10.1. The van der Waals surface area contributed by atoms with E-state index in [1.54, 1.807) is 16.0 Å². The molecule has 0 atom stereocenters. The van der Waals surface area contributed by atoms with Crippen LogP contribution in [0, 0.1) is 18.6 Å². The third kappa shape index (κ3) is 2.97. The van der Waals surface area contributed by atoms with E-state index in [1.165, 1.54) is 17.4 Å². The first kappa shape index (κ1) is 16.4. The van der Waals surface area contributed by atoms with Gasteiger partial charge in [0.25, 0.3) is 5.91 Å². The molecule has 2 aromatic heterocycles. The quantitative estimate of drug-likeness (QED) is 0.558. The van der Waals surface area contributed by atoms with E-state index in [4.69, 9.17) is 0 Å². The van der Waals surface area contributed by atoms with E-state index >= 15 is 0 Å². The molecule has 4 nitrogen and oxygen atoms in total. The second-order valence-corrected chi connectivity index (χ2v) is 6.68. The van der Waals surface area contributed by atoms with Crippen LogP contribution in [-0.2, 0) is 0 Å². The van der Waals surface area contributed by atoms with Crippen LogP contribution in [-0.4, -0.2) is 15.3 Å². The minimum atomic E-state index is -0.823. The van der Waals surface area contributed by atoms with Gasteiger partial charge in [0.1, 0.15) is 17.3 Å². The van der Waals surface area contributed by atoms with Gasteiger partial charge < -0.3 is 5.32 Å². The van der Waals surface area contributed by atoms with Crippen molar-refractivity contribution >= 4 is 27.9 Å². The number of aromatic nitrogens is 2. The van der Waals surface area contributed by atoms with Gasteiger partial charge in [0, 0.05) is 23.2 Å². The number of rotatable bonds is 3. The molecule has 2 aromatic carbocycles. The van der Waals surface area contributed by atoms with Crippen molar-refractivity contribution in [2.75, 3.05) is 5.32 Å². The van der Waals surface area contributed by atoms with Crippen molar-refractivity contribution in [1.82, 2.24) is 9.38 Å². The Kier molecular flexibility index (Phi) is 4.00. The number of nitrogens with one attached hydrogen (secondary N) is 1. The SMILES string of the molecule is Cc1ccc(-c2cn3c(C(=O)Nc4ccc(F)cc4F)csc3n2)cc1. The van der Waals surface area contributed by atoms with E-state index in [0.29, 0.717) is 10.7 Å². The summed E-state index contributed by atoms with van der Waals surface area (Å²) in [4.78, 5) is 17.7. The molecule has 0 saturated heterocycles. The van der Waals surface area contributed by atoms with Crippen molar-refractivity contribution in [2.45, 2.75) is 6.92 Å². The van der Waals surface area contributed by atoms with Crippen LogP contribution in [0.25, 0.3) is 16.2 Å². The zero-order valence-corrected chi connectivity index (χ0v) is 14.5. The molecule has 0 radical (unpaired) electrons. The van der Waals surface area contributed by atoms with Crippen LogP contribution in [0.3, 0.4) is 0 Å². The van der Waals surface area contributed by atoms with Gasteiger partial charge in [-0.3, -0.25) is 9.20 Å². The lowest BCUT2D eigenvalue weighted by molar-refractivity contribution is 0.102. The summed E-state index contributed by atoms with van der Waals surface area (Å²) in [6.07, 6.45) is 1.77. The van der Waals surface area contributed by atoms with Crippen molar-refractivity contribution in [1.29, 1.82) is 0 Å². The summed E-state index contributed by atoms with van der Waals surface area (Å²) in [6, 6.07) is 10.9. The monoisotopic (exact) mass is 369 g/mol. The first-order valence-electron chi connectivity index (χ1n) is 7.81. The highest BCUT2D eigenvalue weighted by molar-refractivity contribution is 7.15. The Morgan fingerprint density at radius 3 is 2.65 bits per heavy atom. The molecule has 0 spiro atoms. The summed E-state index contributed by atoms with van der Waals surface area (Å²) in [6.45, 7) is 2.01. The van der Waals surface area contributed by atoms with Gasteiger partial charge in [-0.15, -0.1) is 11.3 Å². The molecule has 4 rings (SSSR count). The van der Waals surface area contributed by atoms with Crippen molar-refractivity contribution in [3.63, 3.8) is 0 Å². The minimum Gasteiger partial charge on any atom is -0.318 e. The van der Waals surface area contributed by atoms with E-state index in [2.05, 4.69) is 10.3 Å². The Labute approximate surface area is 151 Å². The molecule has 26 heavy (non-hydrogen) atoms. The minimum absolute atomic E-state index is 0.0744. The number of thiazole rings is 1. The highest BCUT2D eigenvalue weighted by Crippen LogP contribution is 2.25.